The Morgan fingerprint density at radius 2 is 1.94 bits per heavy atom. The lowest BCUT2D eigenvalue weighted by Crippen LogP contribution is -1.98. The number of benzene rings is 1. The Morgan fingerprint density at radius 3 is 2.53 bits per heavy atom. The van der Waals surface area contributed by atoms with E-state index in [4.69, 9.17) is 11.6 Å². The number of rotatable bonds is 4. The Labute approximate surface area is 114 Å². The van der Waals surface area contributed by atoms with E-state index in [2.05, 4.69) is 0 Å². The standard InChI is InChI=1S/C13H11ClOS2/c1-9-2-7-13(17-9)12(15)8-16-11-5-3-10(14)4-6-11/h2-7H,8H2,1H3. The van der Waals surface area contributed by atoms with Gasteiger partial charge >= 0.3 is 0 Å². The molecule has 0 aliphatic heterocycles. The largest absolute Gasteiger partial charge is 0.292 e. The van der Waals surface area contributed by atoms with Crippen LogP contribution in [0.3, 0.4) is 0 Å². The molecule has 0 N–H and O–H groups in total. The highest BCUT2D eigenvalue weighted by atomic mass is 35.5. The first kappa shape index (κ1) is 12.7. The van der Waals surface area contributed by atoms with Crippen LogP contribution in [0, 0.1) is 6.92 Å². The molecular formula is C13H11ClOS2. The highest BCUT2D eigenvalue weighted by Gasteiger charge is 2.08. The third-order valence-corrected chi connectivity index (χ3v) is 4.50. The lowest BCUT2D eigenvalue weighted by atomic mass is 10.3. The minimum Gasteiger partial charge on any atom is -0.292 e. The van der Waals surface area contributed by atoms with Gasteiger partial charge in [-0.1, -0.05) is 11.6 Å². The van der Waals surface area contributed by atoms with Crippen molar-refractivity contribution in [1.29, 1.82) is 0 Å². The first-order valence-electron chi connectivity index (χ1n) is 5.13. The van der Waals surface area contributed by atoms with Crippen LogP contribution in [0.5, 0.6) is 0 Å². The van der Waals surface area contributed by atoms with Crippen molar-refractivity contribution in [3.63, 3.8) is 0 Å². The number of carbonyl (C=O) groups is 1. The van der Waals surface area contributed by atoms with Gasteiger partial charge in [-0.3, -0.25) is 4.79 Å². The molecule has 0 fully saturated rings. The van der Waals surface area contributed by atoms with Crippen LogP contribution < -0.4 is 0 Å². The molecule has 2 rings (SSSR count). The average molecular weight is 283 g/mol. The molecule has 1 aromatic heterocycles. The van der Waals surface area contributed by atoms with Crippen molar-refractivity contribution in [2.45, 2.75) is 11.8 Å². The van der Waals surface area contributed by atoms with Crippen LogP contribution in [-0.4, -0.2) is 11.5 Å². The SMILES string of the molecule is Cc1ccc(C(=O)CSc2ccc(Cl)cc2)s1. The maximum Gasteiger partial charge on any atom is 0.182 e. The summed E-state index contributed by atoms with van der Waals surface area (Å²) in [7, 11) is 0. The minimum absolute atomic E-state index is 0.183. The van der Waals surface area contributed by atoms with Crippen LogP contribution in [0.25, 0.3) is 0 Å². The van der Waals surface area contributed by atoms with Crippen LogP contribution in [0.2, 0.25) is 5.02 Å². The Hall–Kier alpha value is -0.770. The predicted octanol–water partition coefficient (Wildman–Crippen LogP) is 4.68. The Balaban J connectivity index is 1.94. The molecule has 0 amide bonds. The van der Waals surface area contributed by atoms with Gasteiger partial charge in [0.2, 0.25) is 0 Å². The molecule has 17 heavy (non-hydrogen) atoms. The number of thioether (sulfide) groups is 1. The smallest absolute Gasteiger partial charge is 0.182 e. The molecule has 0 atom stereocenters. The van der Waals surface area contributed by atoms with Gasteiger partial charge in [0, 0.05) is 14.8 Å². The Morgan fingerprint density at radius 1 is 1.24 bits per heavy atom. The molecule has 0 radical (unpaired) electrons. The van der Waals surface area contributed by atoms with Gasteiger partial charge in [0.15, 0.2) is 5.78 Å². The van der Waals surface area contributed by atoms with Gasteiger partial charge in [-0.25, -0.2) is 0 Å². The topological polar surface area (TPSA) is 17.1 Å². The van der Waals surface area contributed by atoms with E-state index >= 15 is 0 Å². The van der Waals surface area contributed by atoms with E-state index in [1.54, 1.807) is 11.3 Å². The quantitative estimate of drug-likeness (QED) is 0.598. The molecule has 4 heteroatoms. The van der Waals surface area contributed by atoms with Gasteiger partial charge in [-0.2, -0.15) is 0 Å². The lowest BCUT2D eigenvalue weighted by molar-refractivity contribution is 0.102. The summed E-state index contributed by atoms with van der Waals surface area (Å²) in [6.45, 7) is 2.01. The zero-order chi connectivity index (χ0) is 12.3. The summed E-state index contributed by atoms with van der Waals surface area (Å²) < 4.78 is 0. The van der Waals surface area contributed by atoms with Crippen molar-refractivity contribution in [2.75, 3.05) is 5.75 Å². The molecule has 88 valence electrons. The predicted molar refractivity (Wildman–Crippen MR) is 75.6 cm³/mol. The summed E-state index contributed by atoms with van der Waals surface area (Å²) in [6, 6.07) is 11.4. The van der Waals surface area contributed by atoms with Gasteiger partial charge in [0.1, 0.15) is 0 Å². The Bertz CT molecular complexity index is 516. The van der Waals surface area contributed by atoms with Gasteiger partial charge in [-0.15, -0.1) is 23.1 Å². The van der Waals surface area contributed by atoms with Gasteiger partial charge in [-0.05, 0) is 43.3 Å². The van der Waals surface area contributed by atoms with Gasteiger partial charge in [0.05, 0.1) is 10.6 Å². The molecule has 0 bridgehead atoms. The van der Waals surface area contributed by atoms with Crippen molar-refractivity contribution in [3.8, 4) is 0 Å². The average Bonchev–Trinajstić information content (AvgIpc) is 2.75. The van der Waals surface area contributed by atoms with E-state index in [9.17, 15) is 4.79 Å². The number of hydrogen-bond donors (Lipinski definition) is 0. The van der Waals surface area contributed by atoms with Gasteiger partial charge < -0.3 is 0 Å². The van der Waals surface area contributed by atoms with Crippen LogP contribution in [0.15, 0.2) is 41.3 Å². The first-order chi connectivity index (χ1) is 8.15. The highest BCUT2D eigenvalue weighted by Crippen LogP contribution is 2.23. The second-order valence-corrected chi connectivity index (χ2v) is 6.35. The number of Topliss-reactive ketones (excluding diaryl/α,β-unsaturated/α-hetero) is 1. The summed E-state index contributed by atoms with van der Waals surface area (Å²) in [5, 5.41) is 0.717. The summed E-state index contributed by atoms with van der Waals surface area (Å²) >= 11 is 8.89. The van der Waals surface area contributed by atoms with Crippen molar-refractivity contribution < 1.29 is 4.79 Å². The normalized spacial score (nSPS) is 10.5. The number of ketones is 1. The van der Waals surface area contributed by atoms with E-state index in [1.165, 1.54) is 16.6 Å². The van der Waals surface area contributed by atoms with Crippen LogP contribution >= 0.6 is 34.7 Å². The third-order valence-electron chi connectivity index (χ3n) is 2.20. The number of thiophene rings is 1. The van der Waals surface area contributed by atoms with Crippen molar-refractivity contribution in [2.24, 2.45) is 0 Å². The summed E-state index contributed by atoms with van der Waals surface area (Å²) in [5.74, 6) is 0.657. The Kier molecular flexibility index (Phi) is 4.26. The van der Waals surface area contributed by atoms with Crippen LogP contribution in [0.1, 0.15) is 14.5 Å². The van der Waals surface area contributed by atoms with E-state index in [0.29, 0.717) is 5.75 Å². The molecule has 2 aromatic rings. The van der Waals surface area contributed by atoms with Crippen LogP contribution in [0.4, 0.5) is 0 Å². The fraction of sp³-hybridized carbons (Fsp3) is 0.154. The minimum atomic E-state index is 0.183. The van der Waals surface area contributed by atoms with Crippen molar-refractivity contribution in [3.05, 3.63) is 51.2 Å². The molecule has 1 nitrogen and oxygen atoms in total. The zero-order valence-electron chi connectivity index (χ0n) is 9.27. The molecule has 0 unspecified atom stereocenters. The zero-order valence-corrected chi connectivity index (χ0v) is 11.7. The molecule has 0 saturated heterocycles. The molecule has 0 saturated carbocycles. The third kappa shape index (κ3) is 3.60. The molecule has 0 aliphatic carbocycles. The van der Waals surface area contributed by atoms with Crippen LogP contribution in [-0.2, 0) is 0 Å². The summed E-state index contributed by atoms with van der Waals surface area (Å²) in [6.07, 6.45) is 0. The summed E-state index contributed by atoms with van der Waals surface area (Å²) in [4.78, 5) is 14.9. The maximum atomic E-state index is 11.9. The molecule has 1 heterocycles. The number of carbonyl (C=O) groups excluding carboxylic acids is 1. The van der Waals surface area contributed by atoms with E-state index in [1.807, 2.05) is 43.3 Å². The van der Waals surface area contributed by atoms with Crippen molar-refractivity contribution in [1.82, 2.24) is 0 Å². The fourth-order valence-corrected chi connectivity index (χ4v) is 3.14. The maximum absolute atomic E-state index is 11.9. The van der Waals surface area contributed by atoms with Gasteiger partial charge in [0.25, 0.3) is 0 Å². The number of aryl methyl sites for hydroxylation is 1. The van der Waals surface area contributed by atoms with E-state index in [0.717, 1.165) is 14.8 Å². The highest BCUT2D eigenvalue weighted by molar-refractivity contribution is 8.00. The molecule has 0 aliphatic rings. The fourth-order valence-electron chi connectivity index (χ4n) is 1.34. The first-order valence-corrected chi connectivity index (χ1v) is 7.31. The monoisotopic (exact) mass is 282 g/mol. The number of halogens is 1. The van der Waals surface area contributed by atoms with E-state index < -0.39 is 0 Å². The molecular weight excluding hydrogens is 272 g/mol. The number of hydrogen-bond acceptors (Lipinski definition) is 3. The second-order valence-electron chi connectivity index (χ2n) is 3.58. The lowest BCUT2D eigenvalue weighted by Gasteiger charge is -2.00. The molecule has 0 spiro atoms. The second kappa shape index (κ2) is 5.71. The molecule has 1 aromatic carbocycles. The summed E-state index contributed by atoms with van der Waals surface area (Å²) in [5.41, 5.74) is 0. The van der Waals surface area contributed by atoms with Crippen molar-refractivity contribution >= 4 is 40.5 Å². The van der Waals surface area contributed by atoms with E-state index in [-0.39, 0.29) is 5.78 Å².